The normalized spacial score (nSPS) is 15.1. The van der Waals surface area contributed by atoms with E-state index >= 15 is 0 Å². The summed E-state index contributed by atoms with van der Waals surface area (Å²) in [6.45, 7) is 2.88. The Bertz CT molecular complexity index is 925. The molecule has 0 spiro atoms. The molecule has 0 saturated carbocycles. The van der Waals surface area contributed by atoms with Gasteiger partial charge in [-0.15, -0.1) is 0 Å². The Hall–Kier alpha value is -3.16. The zero-order chi connectivity index (χ0) is 17.9. The van der Waals surface area contributed by atoms with Crippen LogP contribution in [0.1, 0.15) is 16.8 Å². The van der Waals surface area contributed by atoms with E-state index in [4.69, 9.17) is 4.74 Å². The van der Waals surface area contributed by atoms with Gasteiger partial charge in [-0.25, -0.2) is 15.0 Å². The highest BCUT2D eigenvalue weighted by atomic mass is 16.5. The number of imidazole rings is 1. The molecule has 2 aromatic heterocycles. The van der Waals surface area contributed by atoms with E-state index in [-0.39, 0.29) is 5.91 Å². The van der Waals surface area contributed by atoms with Crippen LogP contribution in [0.25, 0.3) is 11.2 Å². The molecule has 0 atom stereocenters. The largest absolute Gasteiger partial charge is 0.497 e. The Labute approximate surface area is 150 Å². The van der Waals surface area contributed by atoms with Gasteiger partial charge in [0.05, 0.1) is 13.4 Å². The van der Waals surface area contributed by atoms with Gasteiger partial charge < -0.3 is 19.5 Å². The Kier molecular flexibility index (Phi) is 4.39. The second-order valence-corrected chi connectivity index (χ2v) is 6.16. The summed E-state index contributed by atoms with van der Waals surface area (Å²) in [6, 6.07) is 7.29. The molecule has 134 valence electrons. The fourth-order valence-electron chi connectivity index (χ4n) is 3.26. The minimum Gasteiger partial charge on any atom is -0.497 e. The Balaban J connectivity index is 1.51. The van der Waals surface area contributed by atoms with Crippen LogP contribution in [0.5, 0.6) is 5.75 Å². The molecule has 1 aliphatic heterocycles. The second-order valence-electron chi connectivity index (χ2n) is 6.16. The number of carbonyl (C=O) groups is 1. The number of aromatic nitrogens is 4. The van der Waals surface area contributed by atoms with Crippen LogP contribution in [0.3, 0.4) is 0 Å². The SMILES string of the molecule is COc1cccc(C(=O)N2CCCN(c3ncnc4nc[nH]c34)CC2)c1. The zero-order valence-electron chi connectivity index (χ0n) is 14.6. The number of amides is 1. The summed E-state index contributed by atoms with van der Waals surface area (Å²) in [6.07, 6.45) is 4.02. The lowest BCUT2D eigenvalue weighted by molar-refractivity contribution is 0.0766. The highest BCUT2D eigenvalue weighted by Gasteiger charge is 2.22. The molecule has 0 radical (unpaired) electrons. The van der Waals surface area contributed by atoms with E-state index in [1.807, 2.05) is 23.1 Å². The number of H-pyrrole nitrogens is 1. The quantitative estimate of drug-likeness (QED) is 0.772. The summed E-state index contributed by atoms with van der Waals surface area (Å²) in [5.41, 5.74) is 2.14. The number of ether oxygens (including phenoxy) is 1. The van der Waals surface area contributed by atoms with Crippen molar-refractivity contribution in [2.75, 3.05) is 38.2 Å². The summed E-state index contributed by atoms with van der Waals surface area (Å²) in [4.78, 5) is 32.8. The van der Waals surface area contributed by atoms with Crippen molar-refractivity contribution >= 4 is 22.9 Å². The van der Waals surface area contributed by atoms with E-state index in [0.29, 0.717) is 36.6 Å². The first-order valence-electron chi connectivity index (χ1n) is 8.58. The van der Waals surface area contributed by atoms with Gasteiger partial charge in [0.25, 0.3) is 5.91 Å². The molecule has 1 fully saturated rings. The monoisotopic (exact) mass is 352 g/mol. The maximum Gasteiger partial charge on any atom is 0.254 e. The molecule has 1 aliphatic rings. The number of nitrogens with one attached hydrogen (secondary N) is 1. The van der Waals surface area contributed by atoms with Crippen molar-refractivity contribution in [2.45, 2.75) is 6.42 Å². The van der Waals surface area contributed by atoms with Crippen LogP contribution in [0.15, 0.2) is 36.9 Å². The van der Waals surface area contributed by atoms with Crippen LogP contribution < -0.4 is 9.64 Å². The van der Waals surface area contributed by atoms with Crippen LogP contribution in [0.4, 0.5) is 5.82 Å². The molecule has 1 amide bonds. The Morgan fingerprint density at radius 2 is 2.08 bits per heavy atom. The third-order valence-electron chi connectivity index (χ3n) is 4.60. The Morgan fingerprint density at radius 3 is 2.96 bits per heavy atom. The van der Waals surface area contributed by atoms with Crippen molar-refractivity contribution in [2.24, 2.45) is 0 Å². The third-order valence-corrected chi connectivity index (χ3v) is 4.60. The van der Waals surface area contributed by atoms with Gasteiger partial charge in [-0.2, -0.15) is 0 Å². The maximum atomic E-state index is 12.8. The van der Waals surface area contributed by atoms with Crippen molar-refractivity contribution in [1.82, 2.24) is 24.8 Å². The molecule has 3 heterocycles. The van der Waals surface area contributed by atoms with Gasteiger partial charge in [-0.3, -0.25) is 4.79 Å². The number of hydrogen-bond donors (Lipinski definition) is 1. The lowest BCUT2D eigenvalue weighted by atomic mass is 10.2. The number of rotatable bonds is 3. The number of aromatic amines is 1. The first kappa shape index (κ1) is 16.3. The van der Waals surface area contributed by atoms with Gasteiger partial charge in [0, 0.05) is 31.7 Å². The number of anilines is 1. The lowest BCUT2D eigenvalue weighted by Gasteiger charge is -2.23. The minimum absolute atomic E-state index is 0.0279. The molecule has 1 aromatic carbocycles. The fourth-order valence-corrected chi connectivity index (χ4v) is 3.26. The molecular weight excluding hydrogens is 332 g/mol. The summed E-state index contributed by atoms with van der Waals surface area (Å²) in [7, 11) is 1.60. The van der Waals surface area contributed by atoms with E-state index in [0.717, 1.165) is 24.3 Å². The second kappa shape index (κ2) is 6.99. The van der Waals surface area contributed by atoms with Gasteiger partial charge in [-0.1, -0.05) is 6.07 Å². The van der Waals surface area contributed by atoms with E-state index in [9.17, 15) is 4.79 Å². The molecule has 4 rings (SSSR count). The summed E-state index contributed by atoms with van der Waals surface area (Å²) < 4.78 is 5.22. The molecule has 1 N–H and O–H groups in total. The zero-order valence-corrected chi connectivity index (χ0v) is 14.6. The number of fused-ring (bicyclic) bond motifs is 1. The van der Waals surface area contributed by atoms with Crippen LogP contribution >= 0.6 is 0 Å². The van der Waals surface area contributed by atoms with Crippen LogP contribution in [0, 0.1) is 0 Å². The molecular formula is C18H20N6O2. The number of methoxy groups -OCH3 is 1. The predicted molar refractivity (Wildman–Crippen MR) is 97.4 cm³/mol. The van der Waals surface area contributed by atoms with Crippen molar-refractivity contribution < 1.29 is 9.53 Å². The average molecular weight is 352 g/mol. The minimum atomic E-state index is 0.0279. The smallest absolute Gasteiger partial charge is 0.254 e. The third kappa shape index (κ3) is 3.05. The van der Waals surface area contributed by atoms with E-state index < -0.39 is 0 Å². The van der Waals surface area contributed by atoms with Gasteiger partial charge in [0.2, 0.25) is 0 Å². The van der Waals surface area contributed by atoms with E-state index in [1.165, 1.54) is 6.33 Å². The molecule has 1 saturated heterocycles. The molecule has 0 bridgehead atoms. The van der Waals surface area contributed by atoms with Crippen molar-refractivity contribution in [3.8, 4) is 5.75 Å². The topological polar surface area (TPSA) is 87.2 Å². The first-order chi connectivity index (χ1) is 12.8. The van der Waals surface area contributed by atoms with Gasteiger partial charge in [0.15, 0.2) is 11.5 Å². The standard InChI is InChI=1S/C18H20N6O2/c1-26-14-5-2-4-13(10-14)18(25)24-7-3-6-23(8-9-24)17-15-16(20-11-19-15)21-12-22-17/h2,4-5,10-12H,3,6-9H2,1H3,(H,19,20,21,22). The van der Waals surface area contributed by atoms with Gasteiger partial charge in [-0.05, 0) is 24.6 Å². The van der Waals surface area contributed by atoms with Crippen molar-refractivity contribution in [3.05, 3.63) is 42.5 Å². The average Bonchev–Trinajstić information content (AvgIpc) is 3.04. The number of benzene rings is 1. The maximum absolute atomic E-state index is 12.8. The number of carbonyl (C=O) groups excluding carboxylic acids is 1. The first-order valence-corrected chi connectivity index (χ1v) is 8.58. The summed E-state index contributed by atoms with van der Waals surface area (Å²) >= 11 is 0. The van der Waals surface area contributed by atoms with Crippen LogP contribution in [0.2, 0.25) is 0 Å². The summed E-state index contributed by atoms with van der Waals surface area (Å²) in [5, 5.41) is 0. The lowest BCUT2D eigenvalue weighted by Crippen LogP contribution is -2.35. The Morgan fingerprint density at radius 1 is 1.15 bits per heavy atom. The van der Waals surface area contributed by atoms with E-state index in [1.54, 1.807) is 19.5 Å². The van der Waals surface area contributed by atoms with Crippen LogP contribution in [-0.4, -0.2) is 64.0 Å². The highest BCUT2D eigenvalue weighted by molar-refractivity contribution is 5.94. The fraction of sp³-hybridized carbons (Fsp3) is 0.333. The number of hydrogen-bond acceptors (Lipinski definition) is 6. The molecule has 26 heavy (non-hydrogen) atoms. The molecule has 8 heteroatoms. The van der Waals surface area contributed by atoms with Crippen LogP contribution in [-0.2, 0) is 0 Å². The molecule has 3 aromatic rings. The highest BCUT2D eigenvalue weighted by Crippen LogP contribution is 2.22. The predicted octanol–water partition coefficient (Wildman–Crippen LogP) is 1.71. The molecule has 8 nitrogen and oxygen atoms in total. The van der Waals surface area contributed by atoms with Crippen molar-refractivity contribution in [1.29, 1.82) is 0 Å². The molecule has 0 aliphatic carbocycles. The van der Waals surface area contributed by atoms with Gasteiger partial charge in [0.1, 0.15) is 17.6 Å². The number of nitrogens with zero attached hydrogens (tertiary/aromatic N) is 5. The molecule has 0 unspecified atom stereocenters. The van der Waals surface area contributed by atoms with Crippen molar-refractivity contribution in [3.63, 3.8) is 0 Å². The summed E-state index contributed by atoms with van der Waals surface area (Å²) in [5.74, 6) is 1.55. The van der Waals surface area contributed by atoms with E-state index in [2.05, 4.69) is 24.8 Å². The van der Waals surface area contributed by atoms with Gasteiger partial charge >= 0.3 is 0 Å².